The highest BCUT2D eigenvalue weighted by Crippen LogP contribution is 2.17. The highest BCUT2D eigenvalue weighted by molar-refractivity contribution is 5.60. The van der Waals surface area contributed by atoms with Crippen molar-refractivity contribution < 1.29 is 19.0 Å². The molecule has 0 saturated heterocycles. The van der Waals surface area contributed by atoms with Crippen LogP contribution in [0, 0.1) is 0 Å². The average Bonchev–Trinajstić information content (AvgIpc) is 2.00. The van der Waals surface area contributed by atoms with Gasteiger partial charge < -0.3 is 14.2 Å². The van der Waals surface area contributed by atoms with E-state index in [1.54, 1.807) is 0 Å². The largest absolute Gasteiger partial charge is 0.508 e. The highest BCUT2D eigenvalue weighted by Gasteiger charge is 2.24. The Kier molecular flexibility index (Phi) is 5.08. The lowest BCUT2D eigenvalue weighted by Crippen LogP contribution is -2.31. The van der Waals surface area contributed by atoms with E-state index >= 15 is 0 Å². The average molecular weight is 218 g/mol. The fourth-order valence-corrected chi connectivity index (χ4v) is 0.921. The van der Waals surface area contributed by atoms with Gasteiger partial charge in [0.05, 0.1) is 19.3 Å². The summed E-state index contributed by atoms with van der Waals surface area (Å²) in [5.41, 5.74) is -0.723. The van der Waals surface area contributed by atoms with E-state index in [9.17, 15) is 4.79 Å². The number of carbonyl (C=O) groups excluding carboxylic acids is 1. The van der Waals surface area contributed by atoms with E-state index in [-0.39, 0.29) is 5.60 Å². The lowest BCUT2D eigenvalue weighted by Gasteiger charge is -2.26. The van der Waals surface area contributed by atoms with Gasteiger partial charge in [-0.2, -0.15) is 0 Å². The Hall–Kier alpha value is -0.770. The number of rotatable bonds is 4. The van der Waals surface area contributed by atoms with E-state index in [0.29, 0.717) is 13.0 Å². The number of methoxy groups -OCH3 is 1. The van der Waals surface area contributed by atoms with Crippen LogP contribution in [0.5, 0.6) is 0 Å². The topological polar surface area (TPSA) is 44.8 Å². The Balaban J connectivity index is 3.89. The molecular weight excluding hydrogens is 196 g/mol. The SMILES string of the molecule is COC(=O)OC(C)(C)CCOC(C)(C)C. The van der Waals surface area contributed by atoms with E-state index in [2.05, 4.69) is 4.74 Å². The van der Waals surface area contributed by atoms with Gasteiger partial charge in [-0.1, -0.05) is 0 Å². The molecule has 0 aromatic carbocycles. The van der Waals surface area contributed by atoms with Crippen LogP contribution in [0.15, 0.2) is 0 Å². The molecule has 0 aliphatic rings. The summed E-state index contributed by atoms with van der Waals surface area (Å²) in [6.07, 6.45) is -0.0184. The van der Waals surface area contributed by atoms with Gasteiger partial charge in [0.1, 0.15) is 5.60 Å². The summed E-state index contributed by atoms with van der Waals surface area (Å²) in [6.45, 7) is 10.2. The van der Waals surface area contributed by atoms with Gasteiger partial charge in [-0.25, -0.2) is 4.79 Å². The Morgan fingerprint density at radius 1 is 1.13 bits per heavy atom. The fraction of sp³-hybridized carbons (Fsp3) is 0.909. The Morgan fingerprint density at radius 3 is 2.07 bits per heavy atom. The van der Waals surface area contributed by atoms with Gasteiger partial charge in [0, 0.05) is 6.42 Å². The third kappa shape index (κ3) is 8.24. The van der Waals surface area contributed by atoms with Crippen molar-refractivity contribution in [3.05, 3.63) is 0 Å². The highest BCUT2D eigenvalue weighted by atomic mass is 16.7. The molecule has 0 bridgehead atoms. The second kappa shape index (κ2) is 5.35. The van der Waals surface area contributed by atoms with Gasteiger partial charge in [-0.3, -0.25) is 0 Å². The lowest BCUT2D eigenvalue weighted by atomic mass is 10.1. The van der Waals surface area contributed by atoms with E-state index in [1.165, 1.54) is 7.11 Å². The molecule has 0 rings (SSSR count). The van der Waals surface area contributed by atoms with Gasteiger partial charge in [0.15, 0.2) is 0 Å². The van der Waals surface area contributed by atoms with Crippen molar-refractivity contribution in [2.75, 3.05) is 13.7 Å². The summed E-state index contributed by atoms with van der Waals surface area (Å²) >= 11 is 0. The molecule has 0 atom stereocenters. The van der Waals surface area contributed by atoms with Crippen LogP contribution in [0.1, 0.15) is 41.0 Å². The number of hydrogen-bond donors (Lipinski definition) is 0. The summed E-state index contributed by atoms with van der Waals surface area (Å²) in [7, 11) is 1.30. The summed E-state index contributed by atoms with van der Waals surface area (Å²) in [6, 6.07) is 0. The molecule has 0 aliphatic carbocycles. The molecule has 90 valence electrons. The molecule has 0 radical (unpaired) electrons. The second-order valence-corrected chi connectivity index (χ2v) is 5.03. The maximum Gasteiger partial charge on any atom is 0.508 e. The van der Waals surface area contributed by atoms with Crippen molar-refractivity contribution in [2.24, 2.45) is 0 Å². The van der Waals surface area contributed by atoms with Gasteiger partial charge in [-0.15, -0.1) is 0 Å². The first-order chi connectivity index (χ1) is 6.66. The predicted molar refractivity (Wildman–Crippen MR) is 57.9 cm³/mol. The van der Waals surface area contributed by atoms with E-state index in [0.717, 1.165) is 0 Å². The van der Waals surface area contributed by atoms with E-state index < -0.39 is 11.8 Å². The van der Waals surface area contributed by atoms with Crippen LogP contribution < -0.4 is 0 Å². The molecule has 15 heavy (non-hydrogen) atoms. The molecule has 4 heteroatoms. The number of ether oxygens (including phenoxy) is 3. The standard InChI is InChI=1S/C11H22O4/c1-10(2,3)14-8-7-11(4,5)15-9(12)13-6/h7-8H2,1-6H3. The molecule has 0 aromatic heterocycles. The van der Waals surface area contributed by atoms with Crippen LogP contribution >= 0.6 is 0 Å². The first-order valence-corrected chi connectivity index (χ1v) is 5.07. The molecule has 0 amide bonds. The monoisotopic (exact) mass is 218 g/mol. The molecule has 0 saturated carbocycles. The second-order valence-electron chi connectivity index (χ2n) is 5.03. The molecule has 4 nitrogen and oxygen atoms in total. The van der Waals surface area contributed by atoms with Gasteiger partial charge in [0.2, 0.25) is 0 Å². The van der Waals surface area contributed by atoms with Crippen LogP contribution in [0.3, 0.4) is 0 Å². The Labute approximate surface area is 91.9 Å². The molecular formula is C11H22O4. The first-order valence-electron chi connectivity index (χ1n) is 5.07. The van der Waals surface area contributed by atoms with Crippen LogP contribution in [-0.4, -0.2) is 31.1 Å². The lowest BCUT2D eigenvalue weighted by molar-refractivity contribution is -0.0534. The Bertz CT molecular complexity index is 203. The summed E-state index contributed by atoms with van der Waals surface area (Å²) in [4.78, 5) is 10.9. The third-order valence-electron chi connectivity index (χ3n) is 1.77. The maximum atomic E-state index is 10.9. The van der Waals surface area contributed by atoms with Crippen LogP contribution in [0.4, 0.5) is 4.79 Å². The van der Waals surface area contributed by atoms with E-state index in [1.807, 2.05) is 34.6 Å². The fourth-order valence-electron chi connectivity index (χ4n) is 0.921. The minimum atomic E-state index is -0.657. The zero-order chi connectivity index (χ0) is 12.1. The zero-order valence-electron chi connectivity index (χ0n) is 10.5. The molecule has 0 heterocycles. The molecule has 0 fully saturated rings. The molecule has 0 unspecified atom stereocenters. The van der Waals surface area contributed by atoms with Crippen molar-refractivity contribution in [2.45, 2.75) is 52.2 Å². The van der Waals surface area contributed by atoms with Crippen LogP contribution in [0.25, 0.3) is 0 Å². The number of hydrogen-bond acceptors (Lipinski definition) is 4. The minimum absolute atomic E-state index is 0.165. The van der Waals surface area contributed by atoms with Gasteiger partial charge in [0.25, 0.3) is 0 Å². The smallest absolute Gasteiger partial charge is 0.438 e. The summed E-state index contributed by atoms with van der Waals surface area (Å²) < 4.78 is 15.0. The summed E-state index contributed by atoms with van der Waals surface area (Å²) in [5, 5.41) is 0. The third-order valence-corrected chi connectivity index (χ3v) is 1.77. The van der Waals surface area contributed by atoms with Crippen molar-refractivity contribution in [3.63, 3.8) is 0 Å². The normalized spacial score (nSPS) is 12.4. The quantitative estimate of drug-likeness (QED) is 0.681. The molecule has 0 N–H and O–H groups in total. The van der Waals surface area contributed by atoms with Crippen molar-refractivity contribution in [3.8, 4) is 0 Å². The zero-order valence-corrected chi connectivity index (χ0v) is 10.5. The van der Waals surface area contributed by atoms with Gasteiger partial charge in [-0.05, 0) is 34.6 Å². The molecule has 0 spiro atoms. The Morgan fingerprint density at radius 2 is 1.67 bits per heavy atom. The van der Waals surface area contributed by atoms with Crippen LogP contribution in [-0.2, 0) is 14.2 Å². The molecule has 0 aromatic rings. The van der Waals surface area contributed by atoms with E-state index in [4.69, 9.17) is 9.47 Å². The van der Waals surface area contributed by atoms with Crippen molar-refractivity contribution in [1.82, 2.24) is 0 Å². The maximum absolute atomic E-state index is 10.9. The number of carbonyl (C=O) groups is 1. The molecule has 0 aliphatic heterocycles. The first kappa shape index (κ1) is 14.2. The van der Waals surface area contributed by atoms with Gasteiger partial charge >= 0.3 is 6.16 Å². The van der Waals surface area contributed by atoms with Crippen LogP contribution in [0.2, 0.25) is 0 Å². The van der Waals surface area contributed by atoms with Crippen molar-refractivity contribution in [1.29, 1.82) is 0 Å². The summed E-state index contributed by atoms with van der Waals surface area (Å²) in [5.74, 6) is 0. The minimum Gasteiger partial charge on any atom is -0.438 e. The van der Waals surface area contributed by atoms with Crippen molar-refractivity contribution >= 4 is 6.16 Å². The predicted octanol–water partition coefficient (Wildman–Crippen LogP) is 2.75.